The summed E-state index contributed by atoms with van der Waals surface area (Å²) in [5.41, 5.74) is 0. The van der Waals surface area contributed by atoms with Crippen molar-refractivity contribution in [2.45, 2.75) is 37.1 Å². The fraction of sp³-hybridized carbons (Fsp3) is 0.818. The number of aliphatic hydroxyl groups is 1. The van der Waals surface area contributed by atoms with Gasteiger partial charge in [0.1, 0.15) is 6.54 Å². The van der Waals surface area contributed by atoms with E-state index in [-0.39, 0.29) is 18.4 Å². The smallest absolute Gasteiger partial charge is 0.368 e. The predicted molar refractivity (Wildman–Crippen MR) is 76.5 cm³/mol. The number of rotatable bonds is 6. The van der Waals surface area contributed by atoms with E-state index in [0.29, 0.717) is 17.4 Å². The second kappa shape index (κ2) is 7.46. The number of hydrogen-bond donors (Lipinski definition) is 4. The van der Waals surface area contributed by atoms with Gasteiger partial charge in [-0.1, -0.05) is 12.2 Å². The predicted octanol–water partition coefficient (Wildman–Crippen LogP) is -2.67. The van der Waals surface area contributed by atoms with Crippen molar-refractivity contribution in [2.75, 3.05) is 20.1 Å². The van der Waals surface area contributed by atoms with Crippen LogP contribution in [-0.2, 0) is 9.36 Å². The van der Waals surface area contributed by atoms with Crippen LogP contribution in [0.4, 0.5) is 0 Å². The highest BCUT2D eigenvalue weighted by atomic mass is 35.5. The van der Waals surface area contributed by atoms with Crippen molar-refractivity contribution >= 4 is 31.2 Å². The van der Waals surface area contributed by atoms with Gasteiger partial charge in [0.05, 0.1) is 26.1 Å². The molecule has 1 aliphatic rings. The molecule has 7 nitrogen and oxygen atoms in total. The van der Waals surface area contributed by atoms with E-state index < -0.39 is 25.3 Å². The number of carboxylic acid groups (broad SMARTS) is 1. The molecule has 1 fully saturated rings. The molecule has 3 unspecified atom stereocenters. The Hall–Kier alpha value is -0.0800. The van der Waals surface area contributed by atoms with Crippen LogP contribution in [0.3, 0.4) is 0 Å². The van der Waals surface area contributed by atoms with E-state index in [0.717, 1.165) is 19.4 Å². The van der Waals surface area contributed by atoms with Crippen LogP contribution in [0, 0.1) is 0 Å². The summed E-state index contributed by atoms with van der Waals surface area (Å²) in [6, 6.07) is -0.350. The molecule has 0 saturated carbocycles. The SMILES string of the molecule is C[N+]1(CC=S)CCCCC1CC(O)(C(=O)O)P(=O)(O)O.[Cl-]. The molecule has 0 aromatic rings. The van der Waals surface area contributed by atoms with Gasteiger partial charge in [-0.25, -0.2) is 4.79 Å². The Morgan fingerprint density at radius 2 is 2.05 bits per heavy atom. The maximum absolute atomic E-state index is 11.4. The Morgan fingerprint density at radius 3 is 2.48 bits per heavy atom. The molecule has 0 aliphatic carbocycles. The number of likely N-dealkylation sites (tertiary alicyclic amines) is 1. The second-order valence-electron chi connectivity index (χ2n) is 5.57. The van der Waals surface area contributed by atoms with Crippen molar-refractivity contribution < 1.29 is 46.2 Å². The van der Waals surface area contributed by atoms with Crippen LogP contribution in [0.2, 0.25) is 0 Å². The molecular weight excluding hydrogens is 341 g/mol. The van der Waals surface area contributed by atoms with Crippen molar-refractivity contribution in [1.29, 1.82) is 0 Å². The molecule has 1 rings (SSSR count). The van der Waals surface area contributed by atoms with Gasteiger partial charge in [0, 0.05) is 5.37 Å². The monoisotopic (exact) mass is 361 g/mol. The topological polar surface area (TPSA) is 115 Å². The molecule has 3 atom stereocenters. The molecule has 10 heteroatoms. The maximum atomic E-state index is 11.4. The van der Waals surface area contributed by atoms with E-state index >= 15 is 0 Å². The van der Waals surface area contributed by atoms with Crippen molar-refractivity contribution in [2.24, 2.45) is 0 Å². The number of carbonyl (C=O) groups is 1. The molecule has 0 bridgehead atoms. The standard InChI is InChI=1S/C11H20NO6PS.ClH/c1-12(6-7-20)5-3-2-4-9(12)8-11(15,10(13)14)19(16,17)18;/h7,9,15H,2-6,8H2,1H3,(H2-,13,14,16,17,18);1H. The quantitative estimate of drug-likeness (QED) is 0.232. The summed E-state index contributed by atoms with van der Waals surface area (Å²) >= 11 is 4.85. The van der Waals surface area contributed by atoms with Gasteiger partial charge >= 0.3 is 13.6 Å². The molecule has 0 spiro atoms. The first-order valence-electron chi connectivity index (χ1n) is 6.36. The zero-order chi connectivity index (χ0) is 15.6. The average Bonchev–Trinajstić information content (AvgIpc) is 2.30. The van der Waals surface area contributed by atoms with Crippen LogP contribution in [0.1, 0.15) is 25.7 Å². The molecule has 0 aromatic heterocycles. The summed E-state index contributed by atoms with van der Waals surface area (Å²) < 4.78 is 11.8. The van der Waals surface area contributed by atoms with Gasteiger partial charge in [-0.3, -0.25) is 4.57 Å². The van der Waals surface area contributed by atoms with Crippen LogP contribution in [0.5, 0.6) is 0 Å². The summed E-state index contributed by atoms with van der Waals surface area (Å²) in [5.74, 6) is -1.88. The number of quaternary nitrogens is 1. The minimum absolute atomic E-state index is 0. The number of halogens is 1. The Bertz CT molecular complexity index is 446. The van der Waals surface area contributed by atoms with Gasteiger partial charge in [0.2, 0.25) is 0 Å². The summed E-state index contributed by atoms with van der Waals surface area (Å²) in [5, 5.41) is 17.5. The van der Waals surface area contributed by atoms with Crippen molar-refractivity contribution in [1.82, 2.24) is 0 Å². The summed E-state index contributed by atoms with van der Waals surface area (Å²) in [4.78, 5) is 29.5. The van der Waals surface area contributed by atoms with Crippen molar-refractivity contribution in [3.63, 3.8) is 0 Å². The summed E-state index contributed by atoms with van der Waals surface area (Å²) in [6.45, 7) is 1.24. The molecule has 0 aromatic carbocycles. The Balaban J connectivity index is 0.00000400. The highest BCUT2D eigenvalue weighted by Gasteiger charge is 2.56. The van der Waals surface area contributed by atoms with Crippen LogP contribution < -0.4 is 12.4 Å². The molecule has 1 aliphatic heterocycles. The normalized spacial score (nSPS) is 29.0. The number of thiocarbonyl (C=S) groups is 1. The first-order chi connectivity index (χ1) is 9.07. The number of hydrogen-bond acceptors (Lipinski definition) is 4. The molecule has 0 amide bonds. The third kappa shape index (κ3) is 4.45. The molecule has 1 heterocycles. The van der Waals surface area contributed by atoms with Gasteiger partial charge in [-0.05, 0) is 19.3 Å². The van der Waals surface area contributed by atoms with Gasteiger partial charge in [-0.15, -0.1) is 0 Å². The third-order valence-corrected chi connectivity index (χ3v) is 5.66. The second-order valence-corrected chi connectivity index (χ2v) is 7.73. The van der Waals surface area contributed by atoms with Crippen LogP contribution in [0.25, 0.3) is 0 Å². The molecule has 0 radical (unpaired) electrons. The number of piperidine rings is 1. The van der Waals surface area contributed by atoms with Crippen LogP contribution in [-0.4, -0.2) is 67.3 Å². The van der Waals surface area contributed by atoms with Crippen LogP contribution in [0.15, 0.2) is 0 Å². The fourth-order valence-electron chi connectivity index (χ4n) is 2.74. The largest absolute Gasteiger partial charge is 1.00 e. The molecule has 4 N–H and O–H groups in total. The van der Waals surface area contributed by atoms with E-state index in [9.17, 15) is 24.3 Å². The van der Waals surface area contributed by atoms with Crippen LogP contribution >= 0.6 is 19.8 Å². The number of carboxylic acids is 1. The van der Waals surface area contributed by atoms with E-state index in [2.05, 4.69) is 0 Å². The average molecular weight is 362 g/mol. The zero-order valence-electron chi connectivity index (χ0n) is 11.7. The first-order valence-corrected chi connectivity index (χ1v) is 8.44. The lowest BCUT2D eigenvalue weighted by Crippen LogP contribution is -3.00. The lowest BCUT2D eigenvalue weighted by molar-refractivity contribution is -0.930. The Morgan fingerprint density at radius 1 is 1.48 bits per heavy atom. The zero-order valence-corrected chi connectivity index (χ0v) is 14.2. The van der Waals surface area contributed by atoms with E-state index in [1.807, 2.05) is 7.05 Å². The van der Waals surface area contributed by atoms with Crippen molar-refractivity contribution in [3.8, 4) is 0 Å². The molecule has 1 saturated heterocycles. The third-order valence-electron chi connectivity index (χ3n) is 4.17. The molecule has 124 valence electrons. The van der Waals surface area contributed by atoms with E-state index in [1.54, 1.807) is 0 Å². The van der Waals surface area contributed by atoms with Gasteiger partial charge in [0.25, 0.3) is 5.34 Å². The first kappa shape index (κ1) is 20.9. The van der Waals surface area contributed by atoms with Crippen molar-refractivity contribution in [3.05, 3.63) is 0 Å². The Kier molecular flexibility index (Phi) is 7.43. The van der Waals surface area contributed by atoms with Gasteiger partial charge in [0.15, 0.2) is 0 Å². The lowest BCUT2D eigenvalue weighted by Gasteiger charge is -2.45. The summed E-state index contributed by atoms with van der Waals surface area (Å²) in [6.07, 6.45) is 1.91. The van der Waals surface area contributed by atoms with Gasteiger partial charge < -0.3 is 36.9 Å². The fourth-order valence-corrected chi connectivity index (χ4v) is 3.78. The minimum Gasteiger partial charge on any atom is -1.00 e. The number of aliphatic carboxylic acids is 1. The maximum Gasteiger partial charge on any atom is 0.368 e. The summed E-state index contributed by atoms with van der Waals surface area (Å²) in [7, 11) is -3.31. The number of nitrogens with zero attached hydrogens (tertiary/aromatic N) is 1. The molecular formula is C11H21ClNO6PS. The lowest BCUT2D eigenvalue weighted by atomic mass is 9.94. The minimum atomic E-state index is -5.18. The molecule has 21 heavy (non-hydrogen) atoms. The highest BCUT2D eigenvalue weighted by molar-refractivity contribution is 7.79. The van der Waals surface area contributed by atoms with Gasteiger partial charge in [-0.2, -0.15) is 0 Å². The van der Waals surface area contributed by atoms with E-state index in [1.165, 1.54) is 5.37 Å². The highest BCUT2D eigenvalue weighted by Crippen LogP contribution is 2.52. The van der Waals surface area contributed by atoms with E-state index in [4.69, 9.17) is 17.3 Å². The Labute approximate surface area is 135 Å².